The monoisotopic (exact) mass is 315 g/mol. The summed E-state index contributed by atoms with van der Waals surface area (Å²) in [6.45, 7) is 1.96. The Morgan fingerprint density at radius 2 is 2.26 bits per heavy atom. The molecular formula is C12H13N9O2. The fourth-order valence-electron chi connectivity index (χ4n) is 1.89. The third kappa shape index (κ3) is 3.40. The van der Waals surface area contributed by atoms with Gasteiger partial charge in [0.2, 0.25) is 0 Å². The van der Waals surface area contributed by atoms with Crippen molar-refractivity contribution in [1.29, 1.82) is 0 Å². The van der Waals surface area contributed by atoms with Crippen molar-refractivity contribution >= 4 is 11.7 Å². The minimum atomic E-state index is -0.425. The Bertz CT molecular complexity index is 865. The van der Waals surface area contributed by atoms with Crippen LogP contribution in [0.5, 0.6) is 0 Å². The van der Waals surface area contributed by atoms with Crippen LogP contribution in [0.3, 0.4) is 0 Å². The van der Waals surface area contributed by atoms with E-state index in [-0.39, 0.29) is 6.54 Å². The summed E-state index contributed by atoms with van der Waals surface area (Å²) in [6, 6.07) is 5.01. The van der Waals surface area contributed by atoms with Crippen LogP contribution in [0, 0.1) is 6.92 Å². The van der Waals surface area contributed by atoms with E-state index in [1.165, 1.54) is 11.0 Å². The number of aromatic amines is 2. The molecule has 2 aromatic heterocycles. The van der Waals surface area contributed by atoms with Gasteiger partial charge in [0.25, 0.3) is 0 Å². The van der Waals surface area contributed by atoms with Crippen LogP contribution < -0.4 is 16.3 Å². The molecule has 0 radical (unpaired) electrons. The SMILES string of the molecule is Cc1ccc(-n2cnnn2)cc1NC(=O)NCc1n[nH]c(=O)[nH]1. The Balaban J connectivity index is 1.68. The third-order valence-corrected chi connectivity index (χ3v) is 3.05. The highest BCUT2D eigenvalue weighted by molar-refractivity contribution is 5.90. The van der Waals surface area contributed by atoms with E-state index in [1.807, 2.05) is 19.1 Å². The number of nitrogens with zero attached hydrogens (tertiary/aromatic N) is 5. The fourth-order valence-corrected chi connectivity index (χ4v) is 1.89. The Morgan fingerprint density at radius 1 is 1.39 bits per heavy atom. The molecule has 0 saturated heterocycles. The molecule has 0 spiro atoms. The minimum Gasteiger partial charge on any atom is -0.331 e. The number of amides is 2. The predicted octanol–water partition coefficient (Wildman–Crippen LogP) is -0.296. The average molecular weight is 315 g/mol. The number of hydrogen-bond donors (Lipinski definition) is 4. The normalized spacial score (nSPS) is 10.5. The van der Waals surface area contributed by atoms with Gasteiger partial charge in [0, 0.05) is 5.69 Å². The molecule has 0 aliphatic rings. The van der Waals surface area contributed by atoms with Crippen LogP contribution in [0.15, 0.2) is 29.3 Å². The van der Waals surface area contributed by atoms with E-state index in [0.717, 1.165) is 5.56 Å². The zero-order valence-corrected chi connectivity index (χ0v) is 12.1. The average Bonchev–Trinajstić information content (AvgIpc) is 3.19. The van der Waals surface area contributed by atoms with Crippen LogP contribution in [0.25, 0.3) is 5.69 Å². The molecule has 0 saturated carbocycles. The van der Waals surface area contributed by atoms with Gasteiger partial charge in [-0.2, -0.15) is 5.10 Å². The van der Waals surface area contributed by atoms with Crippen LogP contribution in [0.4, 0.5) is 10.5 Å². The number of anilines is 1. The summed E-state index contributed by atoms with van der Waals surface area (Å²) in [5, 5.41) is 22.2. The number of benzene rings is 1. The summed E-state index contributed by atoms with van der Waals surface area (Å²) < 4.78 is 1.48. The maximum atomic E-state index is 11.9. The molecule has 0 unspecified atom stereocenters. The molecule has 1 aromatic carbocycles. The van der Waals surface area contributed by atoms with Crippen molar-refractivity contribution in [3.63, 3.8) is 0 Å². The van der Waals surface area contributed by atoms with Crippen molar-refractivity contribution in [2.24, 2.45) is 0 Å². The summed E-state index contributed by atoms with van der Waals surface area (Å²) in [5.74, 6) is 0.337. The van der Waals surface area contributed by atoms with Crippen LogP contribution in [-0.2, 0) is 6.54 Å². The Hall–Kier alpha value is -3.50. The first-order valence-corrected chi connectivity index (χ1v) is 6.64. The highest BCUT2D eigenvalue weighted by Gasteiger charge is 2.08. The van der Waals surface area contributed by atoms with Crippen molar-refractivity contribution in [2.75, 3.05) is 5.32 Å². The van der Waals surface area contributed by atoms with Crippen LogP contribution in [0.2, 0.25) is 0 Å². The first-order valence-electron chi connectivity index (χ1n) is 6.64. The van der Waals surface area contributed by atoms with Crippen LogP contribution in [-0.4, -0.2) is 41.4 Å². The van der Waals surface area contributed by atoms with Crippen molar-refractivity contribution in [3.8, 4) is 5.69 Å². The van der Waals surface area contributed by atoms with Gasteiger partial charge in [-0.05, 0) is 35.0 Å². The lowest BCUT2D eigenvalue weighted by Crippen LogP contribution is -2.29. The van der Waals surface area contributed by atoms with E-state index in [0.29, 0.717) is 17.2 Å². The number of urea groups is 1. The van der Waals surface area contributed by atoms with E-state index in [1.54, 1.807) is 6.07 Å². The first-order chi connectivity index (χ1) is 11.1. The van der Waals surface area contributed by atoms with Gasteiger partial charge in [0.1, 0.15) is 12.2 Å². The van der Waals surface area contributed by atoms with Gasteiger partial charge >= 0.3 is 11.7 Å². The van der Waals surface area contributed by atoms with Crippen molar-refractivity contribution in [1.82, 2.24) is 40.7 Å². The molecular weight excluding hydrogens is 302 g/mol. The zero-order valence-electron chi connectivity index (χ0n) is 12.1. The Kier molecular flexibility index (Phi) is 3.82. The summed E-state index contributed by atoms with van der Waals surface area (Å²) >= 11 is 0. The van der Waals surface area contributed by atoms with Crippen LogP contribution >= 0.6 is 0 Å². The smallest absolute Gasteiger partial charge is 0.331 e. The highest BCUT2D eigenvalue weighted by Crippen LogP contribution is 2.18. The maximum absolute atomic E-state index is 11.9. The topological polar surface area (TPSA) is 146 Å². The standard InChI is InChI=1S/C12H13N9O2/c1-7-2-3-8(21-6-14-19-20-21)4-9(7)15-11(22)13-5-10-16-12(23)18-17-10/h2-4,6H,5H2,1H3,(H2,13,15,22)(H2,16,17,18,23). The Morgan fingerprint density at radius 3 is 2.96 bits per heavy atom. The molecule has 4 N–H and O–H groups in total. The molecule has 2 heterocycles. The number of carbonyl (C=O) groups excluding carboxylic acids is 1. The van der Waals surface area contributed by atoms with Gasteiger partial charge in [-0.3, -0.25) is 4.98 Å². The number of nitrogens with one attached hydrogen (secondary N) is 4. The quantitative estimate of drug-likeness (QED) is 0.520. The molecule has 11 heteroatoms. The van der Waals surface area contributed by atoms with E-state index in [2.05, 4.69) is 41.3 Å². The molecule has 11 nitrogen and oxygen atoms in total. The number of H-pyrrole nitrogens is 2. The maximum Gasteiger partial charge on any atom is 0.340 e. The molecule has 0 bridgehead atoms. The number of aromatic nitrogens is 7. The van der Waals surface area contributed by atoms with Crippen molar-refractivity contribution in [3.05, 3.63) is 46.4 Å². The third-order valence-electron chi connectivity index (χ3n) is 3.05. The second-order valence-corrected chi connectivity index (χ2v) is 4.69. The Labute approximate surface area is 129 Å². The molecule has 23 heavy (non-hydrogen) atoms. The largest absolute Gasteiger partial charge is 0.340 e. The molecule has 0 aliphatic heterocycles. The molecule has 3 rings (SSSR count). The second-order valence-electron chi connectivity index (χ2n) is 4.69. The van der Waals surface area contributed by atoms with Gasteiger partial charge < -0.3 is 10.6 Å². The summed E-state index contributed by atoms with van der Waals surface area (Å²) in [7, 11) is 0. The summed E-state index contributed by atoms with van der Waals surface area (Å²) in [4.78, 5) is 25.3. The summed E-state index contributed by atoms with van der Waals surface area (Å²) in [6.07, 6.45) is 1.46. The molecule has 0 fully saturated rings. The van der Waals surface area contributed by atoms with Gasteiger partial charge in [-0.1, -0.05) is 6.07 Å². The van der Waals surface area contributed by atoms with Crippen molar-refractivity contribution < 1.29 is 4.79 Å². The second kappa shape index (κ2) is 6.09. The number of rotatable bonds is 4. The number of hydrogen-bond acceptors (Lipinski definition) is 6. The lowest BCUT2D eigenvalue weighted by molar-refractivity contribution is 0.251. The van der Waals surface area contributed by atoms with Crippen molar-refractivity contribution in [2.45, 2.75) is 13.5 Å². The number of tetrazole rings is 1. The highest BCUT2D eigenvalue weighted by atomic mass is 16.2. The molecule has 0 atom stereocenters. The molecule has 2 amide bonds. The minimum absolute atomic E-state index is 0.0936. The van der Waals surface area contributed by atoms with Gasteiger partial charge in [0.05, 0.1) is 12.2 Å². The molecule has 0 aliphatic carbocycles. The molecule has 3 aromatic rings. The first kappa shape index (κ1) is 14.4. The van der Waals surface area contributed by atoms with Gasteiger partial charge in [-0.25, -0.2) is 19.4 Å². The predicted molar refractivity (Wildman–Crippen MR) is 79.0 cm³/mol. The van der Waals surface area contributed by atoms with Gasteiger partial charge in [0.15, 0.2) is 0 Å². The number of carbonyl (C=O) groups is 1. The molecule has 118 valence electrons. The van der Waals surface area contributed by atoms with Gasteiger partial charge in [-0.15, -0.1) is 5.10 Å². The van der Waals surface area contributed by atoms with E-state index in [9.17, 15) is 9.59 Å². The van der Waals surface area contributed by atoms with E-state index >= 15 is 0 Å². The lowest BCUT2D eigenvalue weighted by Gasteiger charge is -2.10. The number of aryl methyl sites for hydroxylation is 1. The van der Waals surface area contributed by atoms with E-state index < -0.39 is 11.7 Å². The summed E-state index contributed by atoms with van der Waals surface area (Å²) in [5.41, 5.74) is 1.79. The van der Waals surface area contributed by atoms with E-state index in [4.69, 9.17) is 0 Å². The lowest BCUT2D eigenvalue weighted by atomic mass is 10.2. The van der Waals surface area contributed by atoms with Crippen LogP contribution in [0.1, 0.15) is 11.4 Å². The zero-order chi connectivity index (χ0) is 16.2. The fraction of sp³-hybridized carbons (Fsp3) is 0.167.